The van der Waals surface area contributed by atoms with E-state index in [2.05, 4.69) is 57.5 Å². The lowest BCUT2D eigenvalue weighted by atomic mass is 9.83. The molecule has 2 heteroatoms. The first-order valence-corrected chi connectivity index (χ1v) is 6.92. The Hall–Kier alpha value is 0.440. The molecule has 0 rings (SSSR count). The summed E-state index contributed by atoms with van der Waals surface area (Å²) >= 11 is 3.56. The normalized spacial score (nSPS) is 15.4. The molecule has 0 N–H and O–H groups in total. The number of ether oxygens (including phenoxy) is 1. The van der Waals surface area contributed by atoms with E-state index in [1.165, 1.54) is 0 Å². The van der Waals surface area contributed by atoms with Crippen LogP contribution in [0.25, 0.3) is 0 Å². The predicted octanol–water partition coefficient (Wildman–Crippen LogP) is 4.50. The summed E-state index contributed by atoms with van der Waals surface area (Å²) in [6.45, 7) is 15.3. The number of alkyl halides is 1. The highest BCUT2D eigenvalue weighted by Crippen LogP contribution is 2.28. The van der Waals surface area contributed by atoms with Crippen molar-refractivity contribution in [2.45, 2.75) is 48.0 Å². The molecule has 0 saturated carbocycles. The lowest BCUT2D eigenvalue weighted by molar-refractivity contribution is 0.0529. The Kier molecular flexibility index (Phi) is 6.43. The van der Waals surface area contributed by atoms with Crippen LogP contribution in [0.15, 0.2) is 0 Å². The Balaban J connectivity index is 3.75. The third kappa shape index (κ3) is 8.27. The van der Waals surface area contributed by atoms with E-state index >= 15 is 0 Å². The average Bonchev–Trinajstić information content (AvgIpc) is 1.99. The molecule has 0 heterocycles. The molecular weight excluding hydrogens is 252 g/mol. The summed E-state index contributed by atoms with van der Waals surface area (Å²) in [6.07, 6.45) is 1.13. The van der Waals surface area contributed by atoms with Crippen LogP contribution in [0.3, 0.4) is 0 Å². The molecule has 0 radical (unpaired) electrons. The summed E-state index contributed by atoms with van der Waals surface area (Å²) in [5, 5.41) is 1.02. The van der Waals surface area contributed by atoms with Gasteiger partial charge >= 0.3 is 0 Å². The Labute approximate surface area is 104 Å². The highest BCUT2D eigenvalue weighted by Gasteiger charge is 2.23. The second-order valence-corrected chi connectivity index (χ2v) is 7.25. The molecule has 0 aliphatic carbocycles. The minimum Gasteiger partial charge on any atom is -0.381 e. The summed E-state index contributed by atoms with van der Waals surface area (Å²) in [5.74, 6) is 0.595. The number of halogens is 1. The van der Waals surface area contributed by atoms with Crippen LogP contribution in [0.2, 0.25) is 0 Å². The number of hydrogen-bond donors (Lipinski definition) is 0. The minimum absolute atomic E-state index is 0.325. The van der Waals surface area contributed by atoms with Gasteiger partial charge < -0.3 is 4.74 Å². The van der Waals surface area contributed by atoms with Crippen molar-refractivity contribution >= 4 is 15.9 Å². The van der Waals surface area contributed by atoms with E-state index in [4.69, 9.17) is 4.74 Å². The van der Waals surface area contributed by atoms with Gasteiger partial charge in [-0.1, -0.05) is 57.5 Å². The van der Waals surface area contributed by atoms with E-state index in [0.717, 1.165) is 25.0 Å². The van der Waals surface area contributed by atoms with Gasteiger partial charge in [0.05, 0.1) is 6.61 Å². The first-order valence-electron chi connectivity index (χ1n) is 5.80. The molecule has 0 amide bonds. The van der Waals surface area contributed by atoms with Crippen LogP contribution in [-0.2, 0) is 4.74 Å². The molecule has 92 valence electrons. The Morgan fingerprint density at radius 2 is 1.60 bits per heavy atom. The van der Waals surface area contributed by atoms with E-state index < -0.39 is 0 Å². The smallest absolute Gasteiger partial charge is 0.0507 e. The standard InChI is InChI=1S/C13H27BrO/c1-12(2,3)7-8-15-10-11(9-14)13(4,5)6/h11H,7-10H2,1-6H3. The van der Waals surface area contributed by atoms with Crippen molar-refractivity contribution in [1.29, 1.82) is 0 Å². The zero-order chi connectivity index (χ0) is 12.1. The summed E-state index contributed by atoms with van der Waals surface area (Å²) < 4.78 is 5.76. The molecule has 0 saturated heterocycles. The topological polar surface area (TPSA) is 9.23 Å². The third-order valence-corrected chi connectivity index (χ3v) is 3.51. The lowest BCUT2D eigenvalue weighted by Crippen LogP contribution is -2.27. The van der Waals surface area contributed by atoms with Gasteiger partial charge in [0.1, 0.15) is 0 Å². The van der Waals surface area contributed by atoms with Gasteiger partial charge in [0.15, 0.2) is 0 Å². The van der Waals surface area contributed by atoms with E-state index in [-0.39, 0.29) is 0 Å². The molecule has 0 bridgehead atoms. The fourth-order valence-corrected chi connectivity index (χ4v) is 2.29. The largest absolute Gasteiger partial charge is 0.381 e. The van der Waals surface area contributed by atoms with Crippen molar-refractivity contribution in [3.8, 4) is 0 Å². The van der Waals surface area contributed by atoms with Crippen LogP contribution in [0.1, 0.15) is 48.0 Å². The maximum absolute atomic E-state index is 5.76. The summed E-state index contributed by atoms with van der Waals surface area (Å²) in [5.41, 5.74) is 0.705. The van der Waals surface area contributed by atoms with Crippen LogP contribution in [0.5, 0.6) is 0 Å². The molecule has 0 aliphatic heterocycles. The van der Waals surface area contributed by atoms with Crippen LogP contribution in [0.4, 0.5) is 0 Å². The highest BCUT2D eigenvalue weighted by molar-refractivity contribution is 9.09. The molecule has 15 heavy (non-hydrogen) atoms. The Morgan fingerprint density at radius 1 is 1.07 bits per heavy atom. The van der Waals surface area contributed by atoms with E-state index in [1.807, 2.05) is 0 Å². The lowest BCUT2D eigenvalue weighted by Gasteiger charge is -2.29. The van der Waals surface area contributed by atoms with Gasteiger partial charge in [0.2, 0.25) is 0 Å². The fourth-order valence-electron chi connectivity index (χ4n) is 1.13. The van der Waals surface area contributed by atoms with Crippen LogP contribution < -0.4 is 0 Å². The fraction of sp³-hybridized carbons (Fsp3) is 1.00. The molecule has 0 aromatic heterocycles. The molecule has 1 unspecified atom stereocenters. The Bertz CT molecular complexity index is 164. The summed E-state index contributed by atoms with van der Waals surface area (Å²) in [7, 11) is 0. The van der Waals surface area contributed by atoms with Gasteiger partial charge in [-0.05, 0) is 23.2 Å². The van der Waals surface area contributed by atoms with Crippen molar-refractivity contribution in [2.24, 2.45) is 16.7 Å². The van der Waals surface area contributed by atoms with Gasteiger partial charge in [0.25, 0.3) is 0 Å². The maximum Gasteiger partial charge on any atom is 0.0507 e. The summed E-state index contributed by atoms with van der Waals surface area (Å²) in [4.78, 5) is 0. The zero-order valence-electron chi connectivity index (χ0n) is 11.2. The quantitative estimate of drug-likeness (QED) is 0.532. The summed E-state index contributed by atoms with van der Waals surface area (Å²) in [6, 6.07) is 0. The molecule has 0 aliphatic rings. The van der Waals surface area contributed by atoms with E-state index in [9.17, 15) is 0 Å². The van der Waals surface area contributed by atoms with Crippen molar-refractivity contribution in [3.05, 3.63) is 0 Å². The highest BCUT2D eigenvalue weighted by atomic mass is 79.9. The molecule has 0 fully saturated rings. The van der Waals surface area contributed by atoms with Crippen molar-refractivity contribution in [2.75, 3.05) is 18.5 Å². The van der Waals surface area contributed by atoms with E-state index in [0.29, 0.717) is 16.7 Å². The minimum atomic E-state index is 0.325. The second kappa shape index (κ2) is 6.24. The zero-order valence-corrected chi connectivity index (χ0v) is 12.8. The van der Waals surface area contributed by atoms with Crippen LogP contribution in [0, 0.1) is 16.7 Å². The van der Waals surface area contributed by atoms with E-state index in [1.54, 1.807) is 0 Å². The van der Waals surface area contributed by atoms with Gasteiger partial charge in [-0.15, -0.1) is 0 Å². The number of hydrogen-bond acceptors (Lipinski definition) is 1. The van der Waals surface area contributed by atoms with Gasteiger partial charge in [-0.2, -0.15) is 0 Å². The van der Waals surface area contributed by atoms with Crippen LogP contribution >= 0.6 is 15.9 Å². The molecule has 1 nitrogen and oxygen atoms in total. The molecular formula is C13H27BrO. The molecule has 0 spiro atoms. The van der Waals surface area contributed by atoms with Gasteiger partial charge in [0, 0.05) is 11.9 Å². The molecule has 1 atom stereocenters. The van der Waals surface area contributed by atoms with Crippen molar-refractivity contribution in [3.63, 3.8) is 0 Å². The SMILES string of the molecule is CC(C)(C)CCOCC(CBr)C(C)(C)C. The second-order valence-electron chi connectivity index (χ2n) is 6.60. The maximum atomic E-state index is 5.76. The molecule has 0 aromatic rings. The van der Waals surface area contributed by atoms with Crippen LogP contribution in [-0.4, -0.2) is 18.5 Å². The molecule has 0 aromatic carbocycles. The first-order chi connectivity index (χ1) is 6.67. The Morgan fingerprint density at radius 3 is 1.93 bits per heavy atom. The van der Waals surface area contributed by atoms with Crippen molar-refractivity contribution < 1.29 is 4.74 Å². The number of rotatable bonds is 5. The first kappa shape index (κ1) is 15.4. The van der Waals surface area contributed by atoms with Gasteiger partial charge in [-0.3, -0.25) is 0 Å². The van der Waals surface area contributed by atoms with Gasteiger partial charge in [-0.25, -0.2) is 0 Å². The monoisotopic (exact) mass is 278 g/mol. The average molecular weight is 279 g/mol. The predicted molar refractivity (Wildman–Crippen MR) is 71.6 cm³/mol. The van der Waals surface area contributed by atoms with Crippen molar-refractivity contribution in [1.82, 2.24) is 0 Å². The third-order valence-electron chi connectivity index (χ3n) is 2.73.